The topological polar surface area (TPSA) is 85.3 Å². The van der Waals surface area contributed by atoms with Crippen molar-refractivity contribution in [1.29, 1.82) is 0 Å². The first-order valence-electron chi connectivity index (χ1n) is 8.86. The van der Waals surface area contributed by atoms with E-state index in [0.717, 1.165) is 0 Å². The second kappa shape index (κ2) is 7.22. The third kappa shape index (κ3) is 4.36. The summed E-state index contributed by atoms with van der Waals surface area (Å²) in [6, 6.07) is 2.91. The molecule has 2 aliphatic rings. The fourth-order valence-corrected chi connectivity index (χ4v) is 3.63. The van der Waals surface area contributed by atoms with E-state index >= 15 is 0 Å². The van der Waals surface area contributed by atoms with Crippen LogP contribution in [0.15, 0.2) is 24.5 Å². The van der Waals surface area contributed by atoms with Crippen molar-refractivity contribution in [2.24, 2.45) is 0 Å². The number of ether oxygens (including phenoxy) is 2. The molecule has 0 unspecified atom stereocenters. The molecule has 0 aliphatic carbocycles. The summed E-state index contributed by atoms with van der Waals surface area (Å²) in [7, 11) is 0. The van der Waals surface area contributed by atoms with Crippen LogP contribution < -0.4 is 10.2 Å². The molecule has 2 aliphatic heterocycles. The molecule has 0 amide bonds. The van der Waals surface area contributed by atoms with Crippen molar-refractivity contribution in [1.82, 2.24) is 20.2 Å². The number of nitrogens with zero attached hydrogens (tertiary/aromatic N) is 5. The smallest absolute Gasteiger partial charge is 0.362 e. The molecule has 0 saturated carbocycles. The van der Waals surface area contributed by atoms with Gasteiger partial charge in [-0.05, 0) is 26.0 Å². The number of rotatable bonds is 3. The predicted octanol–water partition coefficient (Wildman–Crippen LogP) is 2.76. The molecule has 3 atom stereocenters. The minimum absolute atomic E-state index is 0.000853. The van der Waals surface area contributed by atoms with Crippen LogP contribution in [0.1, 0.15) is 19.5 Å². The van der Waals surface area contributed by atoms with Crippen LogP contribution in [0.2, 0.25) is 5.15 Å². The van der Waals surface area contributed by atoms with Crippen molar-refractivity contribution in [3.8, 4) is 0 Å². The molecule has 0 bridgehead atoms. The average Bonchev–Trinajstić information content (AvgIpc) is 2.96. The lowest BCUT2D eigenvalue weighted by molar-refractivity contribution is -0.145. The number of piperidine rings is 1. The Morgan fingerprint density at radius 1 is 1.17 bits per heavy atom. The molecule has 8 nitrogen and oxygen atoms in total. The first-order chi connectivity index (χ1) is 13.6. The normalized spacial score (nSPS) is 26.3. The third-order valence-electron chi connectivity index (χ3n) is 4.64. The van der Waals surface area contributed by atoms with Crippen LogP contribution in [0, 0.1) is 0 Å². The van der Waals surface area contributed by atoms with Crippen LogP contribution >= 0.6 is 11.6 Å². The highest BCUT2D eigenvalue weighted by Gasteiger charge is 2.49. The fraction of sp³-hybridized carbons (Fsp3) is 0.529. The van der Waals surface area contributed by atoms with Crippen molar-refractivity contribution in [3.05, 3.63) is 35.4 Å². The van der Waals surface area contributed by atoms with E-state index in [4.69, 9.17) is 21.1 Å². The van der Waals surface area contributed by atoms with E-state index < -0.39 is 29.8 Å². The summed E-state index contributed by atoms with van der Waals surface area (Å²) in [5, 5.41) is 11.2. The summed E-state index contributed by atoms with van der Waals surface area (Å²) in [5.41, 5.74) is -1.07. The van der Waals surface area contributed by atoms with Gasteiger partial charge in [-0.2, -0.15) is 13.2 Å². The second-order valence-corrected chi connectivity index (χ2v) is 7.68. The first-order valence-corrected chi connectivity index (χ1v) is 9.24. The minimum Gasteiger partial charge on any atom is -0.362 e. The third-order valence-corrected chi connectivity index (χ3v) is 4.84. The van der Waals surface area contributed by atoms with Gasteiger partial charge < -0.3 is 19.7 Å². The zero-order valence-electron chi connectivity index (χ0n) is 15.5. The number of alkyl halides is 3. The number of fused-ring (bicyclic) bond motifs is 1. The molecular formula is C17H18ClF3N6O2. The maximum absolute atomic E-state index is 13.0. The molecule has 2 saturated heterocycles. The van der Waals surface area contributed by atoms with Gasteiger partial charge in [0.2, 0.25) is 0 Å². The second-order valence-electron chi connectivity index (χ2n) is 7.30. The Morgan fingerprint density at radius 3 is 2.66 bits per heavy atom. The molecule has 0 aromatic carbocycles. The molecule has 1 N–H and O–H groups in total. The van der Waals surface area contributed by atoms with Crippen LogP contribution in [-0.2, 0) is 15.7 Å². The van der Waals surface area contributed by atoms with Crippen LogP contribution in [0.4, 0.5) is 24.8 Å². The van der Waals surface area contributed by atoms with Gasteiger partial charge in [0.05, 0.1) is 18.4 Å². The molecule has 4 rings (SSSR count). The lowest BCUT2D eigenvalue weighted by atomic mass is 9.99. The van der Waals surface area contributed by atoms with Gasteiger partial charge in [0.1, 0.15) is 18.0 Å². The van der Waals surface area contributed by atoms with Gasteiger partial charge in [-0.25, -0.2) is 4.98 Å². The van der Waals surface area contributed by atoms with Crippen molar-refractivity contribution in [3.63, 3.8) is 0 Å². The zero-order chi connectivity index (χ0) is 20.8. The zero-order valence-corrected chi connectivity index (χ0v) is 16.3. The number of hydrogen-bond donors (Lipinski definition) is 1. The monoisotopic (exact) mass is 430 g/mol. The molecule has 2 fully saturated rings. The molecule has 29 heavy (non-hydrogen) atoms. The highest BCUT2D eigenvalue weighted by molar-refractivity contribution is 6.29. The van der Waals surface area contributed by atoms with Crippen LogP contribution in [0.25, 0.3) is 0 Å². The Balaban J connectivity index is 1.60. The number of halogens is 4. The Hall–Kier alpha value is -2.24. The lowest BCUT2D eigenvalue weighted by Crippen LogP contribution is -2.57. The largest absolute Gasteiger partial charge is 0.434 e. The Bertz CT molecular complexity index is 882. The predicted molar refractivity (Wildman–Crippen MR) is 97.5 cm³/mol. The van der Waals surface area contributed by atoms with Gasteiger partial charge in [-0.3, -0.25) is 4.98 Å². The van der Waals surface area contributed by atoms with Crippen LogP contribution in [0.5, 0.6) is 0 Å². The van der Waals surface area contributed by atoms with E-state index in [1.807, 2.05) is 4.90 Å². The van der Waals surface area contributed by atoms with Gasteiger partial charge in [0.15, 0.2) is 22.5 Å². The molecule has 156 valence electrons. The number of nitrogens with one attached hydrogen (secondary N) is 1. The van der Waals surface area contributed by atoms with E-state index in [9.17, 15) is 13.2 Å². The molecular weight excluding hydrogens is 413 g/mol. The SMILES string of the molecule is CC1(C)O[C@@H]2[C@@H](Nc3cncc(C(F)(F)F)n3)CN(c3ccc(Cl)nn3)C[C@@H]2O1. The quantitative estimate of drug-likeness (QED) is 0.795. The number of anilines is 2. The molecule has 0 radical (unpaired) electrons. The van der Waals surface area contributed by atoms with Gasteiger partial charge >= 0.3 is 6.18 Å². The number of hydrogen-bond acceptors (Lipinski definition) is 8. The van der Waals surface area contributed by atoms with Gasteiger partial charge in [-0.1, -0.05) is 11.6 Å². The van der Waals surface area contributed by atoms with Crippen molar-refractivity contribution < 1.29 is 22.6 Å². The van der Waals surface area contributed by atoms with E-state index in [1.54, 1.807) is 26.0 Å². The van der Waals surface area contributed by atoms with E-state index in [2.05, 4.69) is 25.5 Å². The Morgan fingerprint density at radius 2 is 1.97 bits per heavy atom. The minimum atomic E-state index is -4.58. The summed E-state index contributed by atoms with van der Waals surface area (Å²) in [5.74, 6) is -0.250. The number of aromatic nitrogens is 4. The molecule has 2 aromatic heterocycles. The van der Waals surface area contributed by atoms with Crippen LogP contribution in [0.3, 0.4) is 0 Å². The summed E-state index contributed by atoms with van der Waals surface area (Å²) < 4.78 is 50.9. The van der Waals surface area contributed by atoms with E-state index in [1.165, 1.54) is 6.20 Å². The van der Waals surface area contributed by atoms with Gasteiger partial charge in [0, 0.05) is 13.1 Å². The maximum Gasteiger partial charge on any atom is 0.434 e. The van der Waals surface area contributed by atoms with Crippen molar-refractivity contribution in [2.45, 2.75) is 44.1 Å². The summed E-state index contributed by atoms with van der Waals surface area (Å²) in [4.78, 5) is 9.20. The fourth-order valence-electron chi connectivity index (χ4n) is 3.53. The van der Waals surface area contributed by atoms with Gasteiger partial charge in [-0.15, -0.1) is 10.2 Å². The summed E-state index contributed by atoms with van der Waals surface area (Å²) in [6.45, 7) is 4.45. The average molecular weight is 431 g/mol. The Labute approximate surface area is 169 Å². The Kier molecular flexibility index (Phi) is 4.99. The van der Waals surface area contributed by atoms with Gasteiger partial charge in [0.25, 0.3) is 0 Å². The van der Waals surface area contributed by atoms with E-state index in [-0.39, 0.29) is 17.1 Å². The van der Waals surface area contributed by atoms with Crippen molar-refractivity contribution in [2.75, 3.05) is 23.3 Å². The summed E-state index contributed by atoms with van der Waals surface area (Å²) in [6.07, 6.45) is -3.38. The van der Waals surface area contributed by atoms with E-state index in [0.29, 0.717) is 25.1 Å². The van der Waals surface area contributed by atoms with Crippen LogP contribution in [-0.4, -0.2) is 57.3 Å². The molecule has 12 heteroatoms. The van der Waals surface area contributed by atoms with Crippen molar-refractivity contribution >= 4 is 23.2 Å². The lowest BCUT2D eigenvalue weighted by Gasteiger charge is -2.39. The molecule has 0 spiro atoms. The maximum atomic E-state index is 13.0. The molecule has 2 aromatic rings. The highest BCUT2D eigenvalue weighted by atomic mass is 35.5. The molecule has 4 heterocycles. The summed E-state index contributed by atoms with van der Waals surface area (Å²) >= 11 is 5.81. The standard InChI is InChI=1S/C17H18ClF3N6O2/c1-16(2)28-10-8-27(14-4-3-12(18)25-26-14)7-9(15(10)29-16)23-13-6-22-5-11(24-13)17(19,20)21/h3-6,9-10,15H,7-8H2,1-2H3,(H,23,24)/t9-,10-,15+/m0/s1. The highest BCUT2D eigenvalue weighted by Crippen LogP contribution is 2.35. The first kappa shape index (κ1) is 20.0.